The Morgan fingerprint density at radius 2 is 1.82 bits per heavy atom. The zero-order valence-electron chi connectivity index (χ0n) is 18.1. The number of hydrogen-bond acceptors (Lipinski definition) is 7. The molecule has 3 aromatic rings. The number of aryl methyl sites for hydroxylation is 1. The molecule has 11 heteroatoms. The molecule has 0 spiro atoms. The Bertz CT molecular complexity index is 1240. The minimum atomic E-state index is -4.07. The second kappa shape index (κ2) is 10.5. The lowest BCUT2D eigenvalue weighted by Gasteiger charge is -2.24. The molecule has 0 saturated carbocycles. The van der Waals surface area contributed by atoms with Crippen molar-refractivity contribution in [3.05, 3.63) is 70.6 Å². The second-order valence-corrected chi connectivity index (χ2v) is 9.43. The van der Waals surface area contributed by atoms with Crippen LogP contribution in [0.4, 0.5) is 5.69 Å². The number of nitrogens with one attached hydrogen (secondary N) is 1. The Labute approximate surface area is 200 Å². The topological polar surface area (TPSA) is 110 Å². The van der Waals surface area contributed by atoms with Crippen molar-refractivity contribution in [3.8, 4) is 11.5 Å². The van der Waals surface area contributed by atoms with Gasteiger partial charge in [0.2, 0.25) is 0 Å². The molecule has 0 radical (unpaired) electrons. The van der Waals surface area contributed by atoms with Crippen LogP contribution in [-0.4, -0.2) is 41.3 Å². The molecular formula is C22H22BrN3O6S. The maximum absolute atomic E-state index is 13.4. The lowest BCUT2D eigenvalue weighted by Crippen LogP contribution is -2.39. The predicted molar refractivity (Wildman–Crippen MR) is 127 cm³/mol. The number of halogens is 1. The van der Waals surface area contributed by atoms with Crippen LogP contribution in [0.2, 0.25) is 0 Å². The van der Waals surface area contributed by atoms with Crippen molar-refractivity contribution in [3.63, 3.8) is 0 Å². The summed E-state index contributed by atoms with van der Waals surface area (Å²) in [6.07, 6.45) is 1.32. The number of anilines is 1. The Hall–Kier alpha value is -3.31. The molecule has 0 aliphatic carbocycles. The zero-order chi connectivity index (χ0) is 24.0. The molecule has 174 valence electrons. The normalized spacial score (nSPS) is 11.4. The molecule has 0 aliphatic heterocycles. The molecule has 9 nitrogen and oxygen atoms in total. The van der Waals surface area contributed by atoms with E-state index < -0.39 is 22.5 Å². The Balaban J connectivity index is 1.89. The predicted octanol–water partition coefficient (Wildman–Crippen LogP) is 3.71. The molecule has 0 saturated heterocycles. The summed E-state index contributed by atoms with van der Waals surface area (Å²) >= 11 is 3.33. The fraction of sp³-hybridized carbons (Fsp3) is 0.182. The summed E-state index contributed by atoms with van der Waals surface area (Å²) < 4.78 is 44.4. The van der Waals surface area contributed by atoms with Crippen LogP contribution in [0.15, 0.2) is 73.5 Å². The van der Waals surface area contributed by atoms with E-state index >= 15 is 0 Å². The van der Waals surface area contributed by atoms with Crippen LogP contribution in [0, 0.1) is 6.92 Å². The number of hydrazone groups is 1. The van der Waals surface area contributed by atoms with E-state index in [-0.39, 0.29) is 10.6 Å². The first kappa shape index (κ1) is 24.3. The van der Waals surface area contributed by atoms with Gasteiger partial charge in [0.05, 0.1) is 35.5 Å². The number of amides is 1. The molecule has 0 atom stereocenters. The molecule has 1 heterocycles. The van der Waals surface area contributed by atoms with Crippen molar-refractivity contribution in [2.45, 2.75) is 11.8 Å². The van der Waals surface area contributed by atoms with Crippen LogP contribution in [0.25, 0.3) is 0 Å². The highest BCUT2D eigenvalue weighted by Crippen LogP contribution is 2.33. The van der Waals surface area contributed by atoms with Gasteiger partial charge in [-0.05, 0) is 47.1 Å². The van der Waals surface area contributed by atoms with Crippen molar-refractivity contribution in [1.82, 2.24) is 5.43 Å². The minimum Gasteiger partial charge on any atom is -0.493 e. The van der Waals surface area contributed by atoms with Gasteiger partial charge in [0.25, 0.3) is 15.9 Å². The van der Waals surface area contributed by atoms with Crippen LogP contribution in [0.1, 0.15) is 11.5 Å². The van der Waals surface area contributed by atoms with Gasteiger partial charge in [-0.1, -0.05) is 18.2 Å². The average molecular weight is 536 g/mol. The number of sulfonamides is 1. The number of ether oxygens (including phenoxy) is 2. The molecule has 0 unspecified atom stereocenters. The van der Waals surface area contributed by atoms with Gasteiger partial charge >= 0.3 is 0 Å². The number of rotatable bonds is 9. The van der Waals surface area contributed by atoms with Gasteiger partial charge in [-0.15, -0.1) is 0 Å². The number of carbonyl (C=O) groups is 1. The second-order valence-electron chi connectivity index (χ2n) is 6.71. The molecule has 1 N–H and O–H groups in total. The van der Waals surface area contributed by atoms with Crippen LogP contribution in [0.5, 0.6) is 11.5 Å². The highest BCUT2D eigenvalue weighted by atomic mass is 79.9. The number of benzene rings is 2. The SMILES string of the molecule is COc1ccc(N(CC(=O)N/N=C/c2cc(Br)c(C)o2)S(=O)(=O)c2ccccc2)cc1OC. The number of furan rings is 1. The van der Waals surface area contributed by atoms with E-state index in [1.54, 1.807) is 37.3 Å². The Morgan fingerprint density at radius 3 is 2.42 bits per heavy atom. The van der Waals surface area contributed by atoms with Crippen molar-refractivity contribution < 1.29 is 27.1 Å². The first-order valence-corrected chi connectivity index (χ1v) is 11.9. The summed E-state index contributed by atoms with van der Waals surface area (Å²) in [6, 6.07) is 14.1. The minimum absolute atomic E-state index is 0.0343. The fourth-order valence-electron chi connectivity index (χ4n) is 2.89. The van der Waals surface area contributed by atoms with E-state index in [4.69, 9.17) is 13.9 Å². The first-order chi connectivity index (χ1) is 15.8. The van der Waals surface area contributed by atoms with Crippen LogP contribution < -0.4 is 19.2 Å². The monoisotopic (exact) mass is 535 g/mol. The first-order valence-electron chi connectivity index (χ1n) is 9.64. The number of methoxy groups -OCH3 is 2. The van der Waals surface area contributed by atoms with E-state index in [9.17, 15) is 13.2 Å². The third kappa shape index (κ3) is 5.74. The third-order valence-corrected chi connectivity index (χ3v) is 7.11. The van der Waals surface area contributed by atoms with Crippen LogP contribution >= 0.6 is 15.9 Å². The number of hydrogen-bond donors (Lipinski definition) is 1. The zero-order valence-corrected chi connectivity index (χ0v) is 20.5. The van der Waals surface area contributed by atoms with Gasteiger partial charge in [0, 0.05) is 12.1 Å². The van der Waals surface area contributed by atoms with E-state index in [1.807, 2.05) is 0 Å². The molecule has 0 aliphatic rings. The maximum atomic E-state index is 13.4. The molecule has 33 heavy (non-hydrogen) atoms. The summed E-state index contributed by atoms with van der Waals surface area (Å²) in [5.74, 6) is 1.18. The average Bonchev–Trinajstić information content (AvgIpc) is 3.14. The maximum Gasteiger partial charge on any atom is 0.264 e. The summed E-state index contributed by atoms with van der Waals surface area (Å²) in [5, 5.41) is 3.85. The smallest absolute Gasteiger partial charge is 0.264 e. The highest BCUT2D eigenvalue weighted by molar-refractivity contribution is 9.10. The molecule has 0 bridgehead atoms. The quantitative estimate of drug-likeness (QED) is 0.330. The van der Waals surface area contributed by atoms with E-state index in [2.05, 4.69) is 26.5 Å². The largest absolute Gasteiger partial charge is 0.493 e. The van der Waals surface area contributed by atoms with Crippen molar-refractivity contribution in [2.75, 3.05) is 25.1 Å². The van der Waals surface area contributed by atoms with Crippen molar-refractivity contribution in [1.29, 1.82) is 0 Å². The van der Waals surface area contributed by atoms with Crippen molar-refractivity contribution in [2.24, 2.45) is 5.10 Å². The van der Waals surface area contributed by atoms with Gasteiger partial charge in [0.1, 0.15) is 18.1 Å². The molecule has 0 fully saturated rings. The van der Waals surface area contributed by atoms with E-state index in [0.717, 1.165) is 8.78 Å². The highest BCUT2D eigenvalue weighted by Gasteiger charge is 2.28. The summed E-state index contributed by atoms with van der Waals surface area (Å²) in [6.45, 7) is 1.25. The molecule has 1 amide bonds. The Kier molecular flexibility index (Phi) is 7.77. The van der Waals surface area contributed by atoms with Gasteiger partial charge < -0.3 is 13.9 Å². The lowest BCUT2D eigenvalue weighted by molar-refractivity contribution is -0.119. The van der Waals surface area contributed by atoms with Crippen molar-refractivity contribution >= 4 is 43.8 Å². The number of carbonyl (C=O) groups excluding carboxylic acids is 1. The van der Waals surface area contributed by atoms with E-state index in [0.29, 0.717) is 23.0 Å². The summed E-state index contributed by atoms with van der Waals surface area (Å²) in [4.78, 5) is 12.7. The van der Waals surface area contributed by atoms with Crippen LogP contribution in [0.3, 0.4) is 0 Å². The van der Waals surface area contributed by atoms with E-state index in [1.165, 1.54) is 44.7 Å². The fourth-order valence-corrected chi connectivity index (χ4v) is 4.63. The molecule has 1 aromatic heterocycles. The molecule has 3 rings (SSSR count). The van der Waals surface area contributed by atoms with Gasteiger partial charge in [-0.25, -0.2) is 13.8 Å². The van der Waals surface area contributed by atoms with Gasteiger partial charge in [-0.2, -0.15) is 5.10 Å². The third-order valence-electron chi connectivity index (χ3n) is 4.53. The van der Waals surface area contributed by atoms with Gasteiger partial charge in [-0.3, -0.25) is 9.10 Å². The number of nitrogens with zero attached hydrogens (tertiary/aromatic N) is 2. The Morgan fingerprint density at radius 1 is 1.12 bits per heavy atom. The standard InChI is InChI=1S/C22H22BrN3O6S/c1-15-19(23)12-17(32-15)13-24-25-22(27)14-26(33(28,29)18-7-5-4-6-8-18)16-9-10-20(30-2)21(11-16)31-3/h4-13H,14H2,1-3H3,(H,25,27)/b24-13+. The molecular weight excluding hydrogens is 514 g/mol. The van der Waals surface area contributed by atoms with Crippen LogP contribution in [-0.2, 0) is 14.8 Å². The lowest BCUT2D eigenvalue weighted by atomic mass is 10.2. The summed E-state index contributed by atoms with van der Waals surface area (Å²) in [5.41, 5.74) is 2.55. The molecule has 2 aromatic carbocycles. The van der Waals surface area contributed by atoms with Gasteiger partial charge in [0.15, 0.2) is 11.5 Å². The summed E-state index contributed by atoms with van der Waals surface area (Å²) in [7, 11) is -1.16.